The molecule has 0 bridgehead atoms. The molecule has 6 nitrogen and oxygen atoms in total. The van der Waals surface area contributed by atoms with Crippen LogP contribution in [0.4, 0.5) is 0 Å². The minimum absolute atomic E-state index is 0.181. The van der Waals surface area contributed by atoms with Gasteiger partial charge in [0, 0.05) is 6.08 Å². The third-order valence-electron chi connectivity index (χ3n) is 3.29. The zero-order valence-electron chi connectivity index (χ0n) is 14.6. The van der Waals surface area contributed by atoms with Crippen LogP contribution in [0.1, 0.15) is 24.5 Å². The first kappa shape index (κ1) is 20.2. The lowest BCUT2D eigenvalue weighted by Crippen LogP contribution is -2.15. The Balaban J connectivity index is 2.95. The van der Waals surface area contributed by atoms with Gasteiger partial charge in [0.1, 0.15) is 5.57 Å². The Kier molecular flexibility index (Phi) is 8.71. The van der Waals surface area contributed by atoms with Crippen LogP contribution in [0.25, 0.3) is 6.08 Å². The van der Waals surface area contributed by atoms with Crippen LogP contribution in [-0.4, -0.2) is 38.7 Å². The molecule has 0 aliphatic carbocycles. The Hall–Kier alpha value is -2.89. The van der Waals surface area contributed by atoms with Crippen molar-refractivity contribution in [3.05, 3.63) is 53.1 Å². The van der Waals surface area contributed by atoms with E-state index in [4.69, 9.17) is 4.74 Å². The molecular weight excluding hydrogens is 324 g/mol. The summed E-state index contributed by atoms with van der Waals surface area (Å²) in [4.78, 5) is 34.8. The Bertz CT molecular complexity index is 654. The normalized spacial score (nSPS) is 10.2. The van der Waals surface area contributed by atoms with Crippen molar-refractivity contribution >= 4 is 24.0 Å². The fourth-order valence-electron chi connectivity index (χ4n) is 2.09. The van der Waals surface area contributed by atoms with Crippen LogP contribution in [0, 0.1) is 0 Å². The van der Waals surface area contributed by atoms with E-state index in [9.17, 15) is 14.4 Å². The first-order valence-corrected chi connectivity index (χ1v) is 7.83. The van der Waals surface area contributed by atoms with Gasteiger partial charge in [-0.2, -0.15) is 0 Å². The van der Waals surface area contributed by atoms with Gasteiger partial charge in [0.05, 0.1) is 20.8 Å². The van der Waals surface area contributed by atoms with Crippen molar-refractivity contribution in [1.29, 1.82) is 0 Å². The number of allylic oxidation sites excluding steroid dienone is 1. The fourth-order valence-corrected chi connectivity index (χ4v) is 2.09. The van der Waals surface area contributed by atoms with Crippen molar-refractivity contribution in [1.82, 2.24) is 0 Å². The lowest BCUT2D eigenvalue weighted by atomic mass is 10.0. The highest BCUT2D eigenvalue weighted by Crippen LogP contribution is 2.17. The summed E-state index contributed by atoms with van der Waals surface area (Å²) in [5.74, 6) is -1.90. The van der Waals surface area contributed by atoms with Crippen LogP contribution in [-0.2, 0) is 35.0 Å². The van der Waals surface area contributed by atoms with Gasteiger partial charge in [-0.05, 0) is 37.0 Å². The van der Waals surface area contributed by atoms with Gasteiger partial charge in [-0.3, -0.25) is 0 Å². The van der Waals surface area contributed by atoms with Crippen LogP contribution in [0.2, 0.25) is 0 Å². The molecule has 0 fully saturated rings. The number of benzene rings is 1. The second kappa shape index (κ2) is 10.8. The van der Waals surface area contributed by atoms with Crippen molar-refractivity contribution in [3.63, 3.8) is 0 Å². The minimum Gasteiger partial charge on any atom is -0.465 e. The molecule has 0 N–H and O–H groups in total. The van der Waals surface area contributed by atoms with E-state index in [-0.39, 0.29) is 11.5 Å². The summed E-state index contributed by atoms with van der Waals surface area (Å²) < 4.78 is 14.1. The van der Waals surface area contributed by atoms with Gasteiger partial charge in [0.15, 0.2) is 0 Å². The Morgan fingerprint density at radius 1 is 1.04 bits per heavy atom. The molecule has 0 unspecified atom stereocenters. The van der Waals surface area contributed by atoms with E-state index in [0.717, 1.165) is 5.56 Å². The van der Waals surface area contributed by atoms with Crippen molar-refractivity contribution < 1.29 is 28.6 Å². The van der Waals surface area contributed by atoms with Crippen molar-refractivity contribution in [2.45, 2.75) is 19.8 Å². The van der Waals surface area contributed by atoms with Gasteiger partial charge in [-0.1, -0.05) is 30.3 Å². The molecule has 1 aromatic rings. The van der Waals surface area contributed by atoms with Crippen molar-refractivity contribution in [3.8, 4) is 0 Å². The zero-order chi connectivity index (χ0) is 18.7. The molecule has 0 radical (unpaired) electrons. The van der Waals surface area contributed by atoms with Gasteiger partial charge in [-0.15, -0.1) is 0 Å². The number of hydrogen-bond donors (Lipinski definition) is 0. The smallest absolute Gasteiger partial charge is 0.345 e. The molecule has 0 heterocycles. The SMILES string of the molecule is CCOC(=O)/C=C/CCc1ccccc1C=C(C(=O)OC)C(=O)OC. The second-order valence-corrected chi connectivity index (χ2v) is 4.93. The monoisotopic (exact) mass is 346 g/mol. The van der Waals surface area contributed by atoms with Crippen molar-refractivity contribution in [2.75, 3.05) is 20.8 Å². The Labute approximate surface area is 147 Å². The molecule has 0 saturated carbocycles. The average Bonchev–Trinajstić information content (AvgIpc) is 2.63. The Morgan fingerprint density at radius 2 is 1.68 bits per heavy atom. The number of carbonyl (C=O) groups excluding carboxylic acids is 3. The van der Waals surface area contributed by atoms with Gasteiger partial charge in [0.25, 0.3) is 0 Å². The number of aryl methyl sites for hydroxylation is 1. The van der Waals surface area contributed by atoms with E-state index in [1.165, 1.54) is 26.4 Å². The first-order chi connectivity index (χ1) is 12.0. The van der Waals surface area contributed by atoms with Crippen molar-refractivity contribution in [2.24, 2.45) is 0 Å². The lowest BCUT2D eigenvalue weighted by molar-refractivity contribution is -0.144. The van der Waals surface area contributed by atoms with Crippen LogP contribution < -0.4 is 0 Å². The molecule has 134 valence electrons. The van der Waals surface area contributed by atoms with Gasteiger partial charge in [0.2, 0.25) is 0 Å². The number of ether oxygens (including phenoxy) is 3. The zero-order valence-corrected chi connectivity index (χ0v) is 14.6. The van der Waals surface area contributed by atoms with Crippen LogP contribution in [0.15, 0.2) is 42.0 Å². The topological polar surface area (TPSA) is 78.9 Å². The number of carbonyl (C=O) groups is 3. The highest BCUT2D eigenvalue weighted by molar-refractivity contribution is 6.17. The first-order valence-electron chi connectivity index (χ1n) is 7.83. The van der Waals surface area contributed by atoms with Crippen LogP contribution >= 0.6 is 0 Å². The van der Waals surface area contributed by atoms with Crippen LogP contribution in [0.3, 0.4) is 0 Å². The summed E-state index contributed by atoms with van der Waals surface area (Å²) >= 11 is 0. The maximum absolute atomic E-state index is 11.8. The van der Waals surface area contributed by atoms with Crippen LogP contribution in [0.5, 0.6) is 0 Å². The number of hydrogen-bond acceptors (Lipinski definition) is 6. The molecular formula is C19H22O6. The molecule has 1 rings (SSSR count). The number of esters is 3. The molecule has 6 heteroatoms. The average molecular weight is 346 g/mol. The quantitative estimate of drug-likeness (QED) is 0.237. The summed E-state index contributed by atoms with van der Waals surface area (Å²) in [6.45, 7) is 2.08. The minimum atomic E-state index is -0.760. The van der Waals surface area contributed by atoms with E-state index in [1.54, 1.807) is 25.1 Å². The van der Waals surface area contributed by atoms with E-state index in [2.05, 4.69) is 9.47 Å². The molecule has 25 heavy (non-hydrogen) atoms. The van der Waals surface area contributed by atoms with E-state index < -0.39 is 11.9 Å². The van der Waals surface area contributed by atoms with E-state index in [1.807, 2.05) is 12.1 Å². The molecule has 0 aliphatic heterocycles. The molecule has 0 aromatic heterocycles. The van der Waals surface area contributed by atoms with E-state index in [0.29, 0.717) is 25.0 Å². The molecule has 0 atom stereocenters. The third kappa shape index (κ3) is 6.63. The standard InChI is InChI=1S/C19H22O6/c1-4-25-17(20)12-8-7-10-14-9-5-6-11-15(14)13-16(18(21)23-2)19(22)24-3/h5-6,8-9,11-13H,4,7,10H2,1-3H3/b12-8+. The predicted molar refractivity (Wildman–Crippen MR) is 92.5 cm³/mol. The molecule has 0 saturated heterocycles. The number of rotatable bonds is 8. The fraction of sp³-hybridized carbons (Fsp3) is 0.316. The summed E-state index contributed by atoms with van der Waals surface area (Å²) in [6.07, 6.45) is 5.78. The number of methoxy groups -OCH3 is 2. The molecule has 0 amide bonds. The van der Waals surface area contributed by atoms with E-state index >= 15 is 0 Å². The van der Waals surface area contributed by atoms with Gasteiger partial charge in [-0.25, -0.2) is 14.4 Å². The highest BCUT2D eigenvalue weighted by atomic mass is 16.5. The predicted octanol–water partition coefficient (Wildman–Crippen LogP) is 2.47. The summed E-state index contributed by atoms with van der Waals surface area (Å²) in [7, 11) is 2.40. The third-order valence-corrected chi connectivity index (χ3v) is 3.29. The molecule has 0 spiro atoms. The summed E-state index contributed by atoms with van der Waals surface area (Å²) in [5, 5.41) is 0. The second-order valence-electron chi connectivity index (χ2n) is 4.93. The highest BCUT2D eigenvalue weighted by Gasteiger charge is 2.20. The largest absolute Gasteiger partial charge is 0.465 e. The molecule has 0 aliphatic rings. The molecule has 1 aromatic carbocycles. The van der Waals surface area contributed by atoms with Gasteiger partial charge < -0.3 is 14.2 Å². The maximum atomic E-state index is 11.8. The Morgan fingerprint density at radius 3 is 2.28 bits per heavy atom. The van der Waals surface area contributed by atoms with Gasteiger partial charge >= 0.3 is 17.9 Å². The lowest BCUT2D eigenvalue weighted by Gasteiger charge is -2.07. The summed E-state index contributed by atoms with van der Waals surface area (Å²) in [6, 6.07) is 7.33. The maximum Gasteiger partial charge on any atom is 0.345 e. The summed E-state index contributed by atoms with van der Waals surface area (Å²) in [5.41, 5.74) is 1.44.